The standard InChI is InChI=1S/C14H17N3O3/c1-10(18)15-16-14(20)12-7-8-13(19)17(12)9-11-5-3-2-4-6-11/h2-6,12H,7-9H2,1H3,(H,15,18)(H,16,20). The Hall–Kier alpha value is -2.37. The SMILES string of the molecule is CC(=O)NNC(=O)C1CCC(=O)N1Cc1ccccc1. The minimum absolute atomic E-state index is 0.0446. The zero-order valence-corrected chi connectivity index (χ0v) is 11.3. The number of hydrogen-bond donors (Lipinski definition) is 2. The average Bonchev–Trinajstić information content (AvgIpc) is 2.79. The fourth-order valence-corrected chi connectivity index (χ4v) is 2.22. The molecule has 1 fully saturated rings. The van der Waals surface area contributed by atoms with Gasteiger partial charge in [-0.3, -0.25) is 25.2 Å². The van der Waals surface area contributed by atoms with E-state index < -0.39 is 6.04 Å². The summed E-state index contributed by atoms with van der Waals surface area (Å²) in [5.74, 6) is -0.754. The number of hydrogen-bond acceptors (Lipinski definition) is 3. The van der Waals surface area contributed by atoms with Crippen molar-refractivity contribution >= 4 is 17.7 Å². The molecule has 6 heteroatoms. The summed E-state index contributed by atoms with van der Waals surface area (Å²) in [7, 11) is 0. The Kier molecular flexibility index (Phi) is 4.34. The van der Waals surface area contributed by atoms with Gasteiger partial charge in [0.2, 0.25) is 11.8 Å². The molecule has 1 atom stereocenters. The van der Waals surface area contributed by atoms with Crippen LogP contribution in [0.5, 0.6) is 0 Å². The molecule has 6 nitrogen and oxygen atoms in total. The van der Waals surface area contributed by atoms with Gasteiger partial charge in [-0.15, -0.1) is 0 Å². The van der Waals surface area contributed by atoms with Gasteiger partial charge in [-0.2, -0.15) is 0 Å². The summed E-state index contributed by atoms with van der Waals surface area (Å²) in [5.41, 5.74) is 5.55. The summed E-state index contributed by atoms with van der Waals surface area (Å²) < 4.78 is 0. The number of benzene rings is 1. The predicted octanol–water partition coefficient (Wildman–Crippen LogP) is 0.345. The van der Waals surface area contributed by atoms with Crippen LogP contribution in [-0.4, -0.2) is 28.7 Å². The van der Waals surface area contributed by atoms with Crippen molar-refractivity contribution in [1.82, 2.24) is 15.8 Å². The molecule has 0 radical (unpaired) electrons. The number of amides is 3. The topological polar surface area (TPSA) is 78.5 Å². The molecule has 1 unspecified atom stereocenters. The van der Waals surface area contributed by atoms with Crippen LogP contribution < -0.4 is 10.9 Å². The monoisotopic (exact) mass is 275 g/mol. The number of likely N-dealkylation sites (tertiary alicyclic amines) is 1. The van der Waals surface area contributed by atoms with Crippen LogP contribution in [0.3, 0.4) is 0 Å². The van der Waals surface area contributed by atoms with E-state index in [1.165, 1.54) is 6.92 Å². The van der Waals surface area contributed by atoms with Gasteiger partial charge < -0.3 is 4.90 Å². The Balaban J connectivity index is 2.03. The van der Waals surface area contributed by atoms with Crippen molar-refractivity contribution in [3.63, 3.8) is 0 Å². The maximum Gasteiger partial charge on any atom is 0.261 e. The molecule has 0 spiro atoms. The summed E-state index contributed by atoms with van der Waals surface area (Å²) >= 11 is 0. The molecular formula is C14H17N3O3. The van der Waals surface area contributed by atoms with Crippen LogP contribution in [0.15, 0.2) is 30.3 Å². The lowest BCUT2D eigenvalue weighted by Gasteiger charge is -2.24. The molecule has 1 aliphatic rings. The van der Waals surface area contributed by atoms with E-state index in [1.54, 1.807) is 4.90 Å². The first-order chi connectivity index (χ1) is 9.58. The van der Waals surface area contributed by atoms with Gasteiger partial charge in [0, 0.05) is 19.9 Å². The van der Waals surface area contributed by atoms with Gasteiger partial charge in [-0.1, -0.05) is 30.3 Å². The fourth-order valence-electron chi connectivity index (χ4n) is 2.22. The minimum Gasteiger partial charge on any atom is -0.326 e. The molecule has 0 aromatic heterocycles. The van der Waals surface area contributed by atoms with Gasteiger partial charge >= 0.3 is 0 Å². The van der Waals surface area contributed by atoms with Crippen LogP contribution in [0.1, 0.15) is 25.3 Å². The van der Waals surface area contributed by atoms with E-state index in [-0.39, 0.29) is 17.7 Å². The Bertz CT molecular complexity index is 516. The molecule has 1 aromatic rings. The largest absolute Gasteiger partial charge is 0.326 e. The van der Waals surface area contributed by atoms with Crippen LogP contribution in [-0.2, 0) is 20.9 Å². The van der Waals surface area contributed by atoms with Gasteiger partial charge in [0.05, 0.1) is 0 Å². The summed E-state index contributed by atoms with van der Waals surface area (Å²) in [6.07, 6.45) is 0.822. The average molecular weight is 275 g/mol. The van der Waals surface area contributed by atoms with Crippen molar-refractivity contribution in [2.45, 2.75) is 32.4 Å². The van der Waals surface area contributed by atoms with Crippen molar-refractivity contribution in [3.8, 4) is 0 Å². The first kappa shape index (κ1) is 14.0. The molecule has 20 heavy (non-hydrogen) atoms. The van der Waals surface area contributed by atoms with E-state index in [0.717, 1.165) is 5.56 Å². The highest BCUT2D eigenvalue weighted by Gasteiger charge is 2.35. The number of nitrogens with zero attached hydrogens (tertiary/aromatic N) is 1. The third-order valence-electron chi connectivity index (χ3n) is 3.19. The fraction of sp³-hybridized carbons (Fsp3) is 0.357. The van der Waals surface area contributed by atoms with Crippen LogP contribution in [0.4, 0.5) is 0 Å². The van der Waals surface area contributed by atoms with Crippen molar-refractivity contribution in [2.75, 3.05) is 0 Å². The van der Waals surface area contributed by atoms with Gasteiger partial charge in [-0.25, -0.2) is 0 Å². The van der Waals surface area contributed by atoms with Gasteiger partial charge in [0.1, 0.15) is 6.04 Å². The second-order valence-electron chi connectivity index (χ2n) is 4.73. The maximum absolute atomic E-state index is 12.0. The smallest absolute Gasteiger partial charge is 0.261 e. The highest BCUT2D eigenvalue weighted by Crippen LogP contribution is 2.21. The lowest BCUT2D eigenvalue weighted by molar-refractivity contribution is -0.137. The summed E-state index contributed by atoms with van der Waals surface area (Å²) in [6.45, 7) is 1.71. The maximum atomic E-state index is 12.0. The second kappa shape index (κ2) is 6.18. The molecule has 0 bridgehead atoms. The van der Waals surface area contributed by atoms with Gasteiger partial charge in [0.15, 0.2) is 0 Å². The van der Waals surface area contributed by atoms with Gasteiger partial charge in [0.25, 0.3) is 5.91 Å². The second-order valence-corrected chi connectivity index (χ2v) is 4.73. The molecule has 3 amide bonds. The molecule has 0 saturated carbocycles. The van der Waals surface area contributed by atoms with Crippen molar-refractivity contribution < 1.29 is 14.4 Å². The molecule has 2 rings (SSSR count). The number of nitrogens with one attached hydrogen (secondary N) is 2. The van der Waals surface area contributed by atoms with E-state index >= 15 is 0 Å². The van der Waals surface area contributed by atoms with Crippen molar-refractivity contribution in [1.29, 1.82) is 0 Å². The van der Waals surface area contributed by atoms with Crippen LogP contribution in [0.2, 0.25) is 0 Å². The summed E-state index contributed by atoms with van der Waals surface area (Å²) in [5, 5.41) is 0. The van der Waals surface area contributed by atoms with Crippen LogP contribution >= 0.6 is 0 Å². The summed E-state index contributed by atoms with van der Waals surface area (Å²) in [4.78, 5) is 36.2. The normalized spacial score (nSPS) is 17.9. The third-order valence-corrected chi connectivity index (χ3v) is 3.19. The van der Waals surface area contributed by atoms with Crippen molar-refractivity contribution in [3.05, 3.63) is 35.9 Å². The van der Waals surface area contributed by atoms with E-state index in [9.17, 15) is 14.4 Å². The zero-order chi connectivity index (χ0) is 14.5. The zero-order valence-electron chi connectivity index (χ0n) is 11.3. The quantitative estimate of drug-likeness (QED) is 0.781. The Labute approximate surface area is 117 Å². The Morgan fingerprint density at radius 3 is 2.60 bits per heavy atom. The lowest BCUT2D eigenvalue weighted by Crippen LogP contribution is -2.50. The van der Waals surface area contributed by atoms with E-state index in [2.05, 4.69) is 10.9 Å². The number of rotatable bonds is 3. The molecular weight excluding hydrogens is 258 g/mol. The molecule has 1 saturated heterocycles. The lowest BCUT2D eigenvalue weighted by atomic mass is 10.2. The first-order valence-corrected chi connectivity index (χ1v) is 6.48. The third kappa shape index (κ3) is 3.34. The first-order valence-electron chi connectivity index (χ1n) is 6.48. The number of hydrazine groups is 1. The molecule has 2 N–H and O–H groups in total. The Morgan fingerprint density at radius 1 is 1.25 bits per heavy atom. The highest BCUT2D eigenvalue weighted by molar-refractivity contribution is 5.91. The van der Waals surface area contributed by atoms with E-state index in [1.807, 2.05) is 30.3 Å². The molecule has 0 aliphatic carbocycles. The predicted molar refractivity (Wildman–Crippen MR) is 72.0 cm³/mol. The summed E-state index contributed by atoms with van der Waals surface area (Å²) in [6, 6.07) is 8.97. The van der Waals surface area contributed by atoms with Crippen LogP contribution in [0.25, 0.3) is 0 Å². The van der Waals surface area contributed by atoms with E-state index in [0.29, 0.717) is 19.4 Å². The molecule has 106 valence electrons. The van der Waals surface area contributed by atoms with Crippen molar-refractivity contribution in [2.24, 2.45) is 0 Å². The minimum atomic E-state index is -0.533. The Morgan fingerprint density at radius 2 is 1.95 bits per heavy atom. The number of carbonyl (C=O) groups is 3. The molecule has 1 heterocycles. The molecule has 1 aliphatic heterocycles. The van der Waals surface area contributed by atoms with Gasteiger partial charge in [-0.05, 0) is 12.0 Å². The molecule has 1 aromatic carbocycles. The highest BCUT2D eigenvalue weighted by atomic mass is 16.2. The van der Waals surface area contributed by atoms with Crippen LogP contribution in [0, 0.1) is 0 Å². The van der Waals surface area contributed by atoms with E-state index in [4.69, 9.17) is 0 Å². The number of carbonyl (C=O) groups excluding carboxylic acids is 3.